The molecule has 0 radical (unpaired) electrons. The Kier molecular flexibility index (Phi) is 10.7. The molecule has 0 aliphatic heterocycles. The Morgan fingerprint density at radius 1 is 0.900 bits per heavy atom. The molecule has 0 unspecified atom stereocenters. The number of rotatable bonds is 11. The zero-order valence-electron chi connectivity index (χ0n) is 22.0. The maximum Gasteiger partial charge on any atom is 0.220 e. The van der Waals surface area contributed by atoms with Crippen LogP contribution in [0.1, 0.15) is 10.4 Å². The van der Waals surface area contributed by atoms with Gasteiger partial charge >= 0.3 is 0 Å². The minimum Gasteiger partial charge on any atom is -0.487 e. The number of aromatic nitrogens is 4. The van der Waals surface area contributed by atoms with Gasteiger partial charge in [0.1, 0.15) is 18.9 Å². The van der Waals surface area contributed by atoms with E-state index in [1.807, 2.05) is 42.6 Å². The normalized spacial score (nSPS) is 11.0. The number of H-pyrrole nitrogens is 2. The predicted molar refractivity (Wildman–Crippen MR) is 162 cm³/mol. The molecule has 5 rings (SSSR count). The van der Waals surface area contributed by atoms with Crippen LogP contribution in [-0.4, -0.2) is 73.0 Å². The van der Waals surface area contributed by atoms with Crippen molar-refractivity contribution in [2.45, 2.75) is 0 Å². The number of nitrogen functional groups attached to an aromatic ring is 1. The molecule has 210 valence electrons. The van der Waals surface area contributed by atoms with Gasteiger partial charge in [-0.05, 0) is 36.4 Å². The van der Waals surface area contributed by atoms with E-state index in [-0.39, 0.29) is 18.3 Å². The highest BCUT2D eigenvalue weighted by molar-refractivity contribution is 9.10. The van der Waals surface area contributed by atoms with E-state index in [9.17, 15) is 4.79 Å². The lowest BCUT2D eigenvalue weighted by Gasteiger charge is -2.10. The Balaban J connectivity index is 0.000000189. The molecule has 4 N–H and O–H groups in total. The first kappa shape index (κ1) is 29.7. The number of nitrogens with one attached hydrogen (secondary N) is 2. The van der Waals surface area contributed by atoms with Gasteiger partial charge in [0.15, 0.2) is 11.5 Å². The van der Waals surface area contributed by atoms with Gasteiger partial charge in [0.05, 0.1) is 26.0 Å². The smallest absolute Gasteiger partial charge is 0.220 e. The van der Waals surface area contributed by atoms with Crippen LogP contribution < -0.4 is 10.5 Å². The second-order valence-electron chi connectivity index (χ2n) is 8.54. The van der Waals surface area contributed by atoms with Crippen LogP contribution in [0.4, 0.5) is 5.95 Å². The van der Waals surface area contributed by atoms with E-state index in [0.717, 1.165) is 36.3 Å². The van der Waals surface area contributed by atoms with Crippen molar-refractivity contribution in [3.8, 4) is 17.0 Å². The van der Waals surface area contributed by atoms with Gasteiger partial charge < -0.3 is 34.6 Å². The summed E-state index contributed by atoms with van der Waals surface area (Å²) in [4.78, 5) is 26.6. The molecule has 2 aromatic carbocycles. The minimum absolute atomic E-state index is 0.0320. The van der Waals surface area contributed by atoms with Gasteiger partial charge in [0, 0.05) is 68.5 Å². The number of aromatic amines is 2. The molecule has 0 fully saturated rings. The van der Waals surface area contributed by atoms with Crippen molar-refractivity contribution in [1.29, 1.82) is 0 Å². The summed E-state index contributed by atoms with van der Waals surface area (Å²) in [5.74, 6) is 0.751. The number of methoxy groups -OCH3 is 2. The molecular weight excluding hydrogens is 646 g/mol. The molecule has 40 heavy (non-hydrogen) atoms. The number of Topliss-reactive ketones (excluding diaryl/α,β-unsaturated/α-hetero) is 1. The maximum absolute atomic E-state index is 12.0. The average molecular weight is 675 g/mol. The summed E-state index contributed by atoms with van der Waals surface area (Å²) in [5, 5.41) is 1.94. The van der Waals surface area contributed by atoms with Crippen LogP contribution in [0.25, 0.3) is 33.1 Å². The number of halogens is 2. The molecule has 0 saturated heterocycles. The second-order valence-corrected chi connectivity index (χ2v) is 10.4. The summed E-state index contributed by atoms with van der Waals surface area (Å²) in [6.45, 7) is 1.90. The minimum atomic E-state index is -0.0320. The number of nitrogens with two attached hydrogens (primary N) is 1. The number of fused-ring (bicyclic) bond motifs is 2. The van der Waals surface area contributed by atoms with Crippen molar-refractivity contribution < 1.29 is 23.7 Å². The highest BCUT2D eigenvalue weighted by atomic mass is 79.9. The molecule has 0 saturated carbocycles. The molecule has 0 spiro atoms. The first-order chi connectivity index (χ1) is 19.4. The fourth-order valence-corrected chi connectivity index (χ4v) is 4.64. The number of ketones is 1. The van der Waals surface area contributed by atoms with Gasteiger partial charge in [-0.3, -0.25) is 4.79 Å². The van der Waals surface area contributed by atoms with Crippen LogP contribution >= 0.6 is 31.9 Å². The van der Waals surface area contributed by atoms with Gasteiger partial charge in [-0.25, -0.2) is 9.97 Å². The summed E-state index contributed by atoms with van der Waals surface area (Å²) >= 11 is 6.89. The SMILES string of the molecule is COCCOCC(=O)c1c[nH]c2ccc(Br)cc12.COCCOc1cnc(N)nc1-c1c[nH]c2ccc(Br)cc12. The van der Waals surface area contributed by atoms with Crippen LogP contribution in [0.5, 0.6) is 5.75 Å². The van der Waals surface area contributed by atoms with E-state index in [4.69, 9.17) is 24.7 Å². The fourth-order valence-electron chi connectivity index (χ4n) is 3.92. The molecule has 0 atom stereocenters. The Bertz CT molecular complexity index is 1590. The highest BCUT2D eigenvalue weighted by Gasteiger charge is 2.15. The summed E-state index contributed by atoms with van der Waals surface area (Å²) in [6.07, 6.45) is 5.20. The molecule has 5 aromatic rings. The number of carbonyl (C=O) groups is 1. The molecule has 3 heterocycles. The number of hydrogen-bond donors (Lipinski definition) is 3. The van der Waals surface area contributed by atoms with Crippen LogP contribution in [0.3, 0.4) is 0 Å². The third-order valence-corrected chi connectivity index (χ3v) is 6.81. The first-order valence-electron chi connectivity index (χ1n) is 12.3. The standard InChI is InChI=1S/C15H15BrN4O2.C13H14BrNO3/c1-21-4-5-22-13-8-19-15(17)20-14(13)11-7-18-12-3-2-9(16)6-10(11)12;1-17-4-5-18-8-13(16)11-7-15-12-3-2-9(14)6-10(11)12/h2-3,6-8,18H,4-5H2,1H3,(H2,17,19,20);2-3,6-7,15H,4-5,8H2,1H3. The molecule has 0 aliphatic rings. The topological polar surface area (TPSA) is 137 Å². The van der Waals surface area contributed by atoms with Gasteiger partial charge in [-0.15, -0.1) is 0 Å². The van der Waals surface area contributed by atoms with Gasteiger partial charge in [-0.1, -0.05) is 31.9 Å². The van der Waals surface area contributed by atoms with Crippen LogP contribution in [0, 0.1) is 0 Å². The van der Waals surface area contributed by atoms with Crippen LogP contribution in [-0.2, 0) is 14.2 Å². The summed E-state index contributed by atoms with van der Waals surface area (Å²) in [7, 11) is 3.23. The summed E-state index contributed by atoms with van der Waals surface area (Å²) < 4.78 is 22.7. The third kappa shape index (κ3) is 7.46. The number of hydrogen-bond acceptors (Lipinski definition) is 8. The van der Waals surface area contributed by atoms with Gasteiger partial charge in [0.25, 0.3) is 0 Å². The van der Waals surface area contributed by atoms with E-state index < -0.39 is 0 Å². The van der Waals surface area contributed by atoms with E-state index in [0.29, 0.717) is 43.4 Å². The van der Waals surface area contributed by atoms with Crippen LogP contribution in [0.2, 0.25) is 0 Å². The molecular formula is C28H29Br2N5O5. The second kappa shape index (κ2) is 14.4. The van der Waals surface area contributed by atoms with E-state index >= 15 is 0 Å². The maximum atomic E-state index is 12.0. The van der Waals surface area contributed by atoms with Gasteiger partial charge in [-0.2, -0.15) is 0 Å². The number of ether oxygens (including phenoxy) is 4. The van der Waals surface area contributed by atoms with E-state index in [1.165, 1.54) is 0 Å². The van der Waals surface area contributed by atoms with E-state index in [2.05, 4.69) is 51.8 Å². The van der Waals surface area contributed by atoms with Crippen molar-refractivity contribution in [3.63, 3.8) is 0 Å². The highest BCUT2D eigenvalue weighted by Crippen LogP contribution is 2.35. The monoisotopic (exact) mass is 673 g/mol. The van der Waals surface area contributed by atoms with Crippen molar-refractivity contribution in [1.82, 2.24) is 19.9 Å². The Morgan fingerprint density at radius 3 is 2.27 bits per heavy atom. The first-order valence-corrected chi connectivity index (χ1v) is 13.9. The molecule has 0 bridgehead atoms. The van der Waals surface area contributed by atoms with E-state index in [1.54, 1.807) is 26.6 Å². The zero-order chi connectivity index (χ0) is 28.5. The number of benzene rings is 2. The molecule has 12 heteroatoms. The molecule has 10 nitrogen and oxygen atoms in total. The van der Waals surface area contributed by atoms with Gasteiger partial charge in [0.2, 0.25) is 5.95 Å². The molecule has 0 aliphatic carbocycles. The Labute approximate surface area is 247 Å². The van der Waals surface area contributed by atoms with Crippen molar-refractivity contribution >= 4 is 65.4 Å². The van der Waals surface area contributed by atoms with Crippen LogP contribution in [0.15, 0.2) is 63.9 Å². The van der Waals surface area contributed by atoms with Crippen molar-refractivity contribution in [2.75, 3.05) is 53.0 Å². The lowest BCUT2D eigenvalue weighted by atomic mass is 10.1. The lowest BCUT2D eigenvalue weighted by molar-refractivity contribution is 0.0578. The summed E-state index contributed by atoms with van der Waals surface area (Å²) in [6, 6.07) is 11.8. The predicted octanol–water partition coefficient (Wildman–Crippen LogP) is 5.77. The van der Waals surface area contributed by atoms with Crippen molar-refractivity contribution in [3.05, 3.63) is 69.5 Å². The summed E-state index contributed by atoms with van der Waals surface area (Å²) in [5.41, 5.74) is 9.93. The average Bonchev–Trinajstić information content (AvgIpc) is 3.56. The Hall–Kier alpha value is -3.29. The number of nitrogens with zero attached hydrogens (tertiary/aromatic N) is 2. The number of carbonyl (C=O) groups excluding carboxylic acids is 1. The number of anilines is 1. The zero-order valence-corrected chi connectivity index (χ0v) is 25.2. The lowest BCUT2D eigenvalue weighted by Crippen LogP contribution is -2.11. The molecule has 3 aromatic heterocycles. The quantitative estimate of drug-likeness (QED) is 0.119. The largest absolute Gasteiger partial charge is 0.487 e. The van der Waals surface area contributed by atoms with Crippen molar-refractivity contribution in [2.24, 2.45) is 0 Å². The third-order valence-electron chi connectivity index (χ3n) is 5.83. The Morgan fingerprint density at radius 2 is 1.55 bits per heavy atom. The fraction of sp³-hybridized carbons (Fsp3) is 0.250. The molecule has 0 amide bonds.